The standard InChI is InChI=1S/C26H26N.C5H8O2.Ir/c1-4-19(5-2)16-20-14-18(3)15-22(17-20)26-25-11-10-21-8-6-7-9-23(21)24(25)12-13-27-26;1-4(6)3-5(2)7;/h6-15,19H,4-5,16H2,1-3H3;3,6H,1-2H3;/q-1;;/b;4-3-;. The van der Waals surface area contributed by atoms with E-state index in [-0.39, 0.29) is 31.6 Å². The number of aromatic nitrogens is 1. The Bertz CT molecular complexity index is 1320. The van der Waals surface area contributed by atoms with E-state index < -0.39 is 0 Å². The number of hydrogen-bond acceptors (Lipinski definition) is 3. The first kappa shape index (κ1) is 28.4. The summed E-state index contributed by atoms with van der Waals surface area (Å²) >= 11 is 0. The van der Waals surface area contributed by atoms with E-state index in [1.807, 2.05) is 6.20 Å². The topological polar surface area (TPSA) is 50.2 Å². The summed E-state index contributed by atoms with van der Waals surface area (Å²) in [6.07, 6.45) is 6.62. The van der Waals surface area contributed by atoms with Crippen molar-refractivity contribution in [2.45, 2.75) is 53.9 Å². The van der Waals surface area contributed by atoms with Crippen molar-refractivity contribution in [2.24, 2.45) is 5.92 Å². The van der Waals surface area contributed by atoms with Gasteiger partial charge < -0.3 is 10.1 Å². The molecule has 0 unspecified atom stereocenters. The minimum Gasteiger partial charge on any atom is -0.512 e. The largest absolute Gasteiger partial charge is 0.512 e. The van der Waals surface area contributed by atoms with E-state index in [0.717, 1.165) is 23.6 Å². The van der Waals surface area contributed by atoms with Crippen molar-refractivity contribution in [1.29, 1.82) is 0 Å². The molecule has 3 aromatic carbocycles. The molecule has 1 N–H and O–H groups in total. The van der Waals surface area contributed by atoms with Crippen molar-refractivity contribution in [3.8, 4) is 11.3 Å². The molecular weight excluding hydrogens is 611 g/mol. The summed E-state index contributed by atoms with van der Waals surface area (Å²) in [4.78, 5) is 14.8. The van der Waals surface area contributed by atoms with Crippen LogP contribution < -0.4 is 0 Å². The van der Waals surface area contributed by atoms with Gasteiger partial charge in [-0.3, -0.25) is 4.79 Å². The zero-order valence-electron chi connectivity index (χ0n) is 21.2. The molecule has 0 saturated heterocycles. The third-order valence-electron chi connectivity index (χ3n) is 6.07. The van der Waals surface area contributed by atoms with Crippen molar-refractivity contribution >= 4 is 27.3 Å². The van der Waals surface area contributed by atoms with E-state index in [1.165, 1.54) is 65.4 Å². The van der Waals surface area contributed by atoms with Gasteiger partial charge in [0.2, 0.25) is 0 Å². The molecule has 4 aromatic rings. The monoisotopic (exact) mass is 645 g/mol. The van der Waals surface area contributed by atoms with Crippen molar-refractivity contribution < 1.29 is 30.0 Å². The molecule has 0 saturated carbocycles. The maximum absolute atomic E-state index is 10.0. The van der Waals surface area contributed by atoms with Gasteiger partial charge in [0.25, 0.3) is 0 Å². The Hall–Kier alpha value is -2.81. The molecule has 1 radical (unpaired) electrons. The van der Waals surface area contributed by atoms with Crippen molar-refractivity contribution in [3.05, 3.63) is 89.8 Å². The molecule has 1 heterocycles. The van der Waals surface area contributed by atoms with Gasteiger partial charge in [-0.2, -0.15) is 0 Å². The fourth-order valence-electron chi connectivity index (χ4n) is 4.36. The molecular formula is C31H34IrNO2-. The van der Waals surface area contributed by atoms with Crippen LogP contribution in [0.3, 0.4) is 0 Å². The van der Waals surface area contributed by atoms with Crippen LogP contribution in [0.4, 0.5) is 0 Å². The molecule has 35 heavy (non-hydrogen) atoms. The molecule has 0 aliphatic rings. The fraction of sp³-hybridized carbons (Fsp3) is 0.290. The van der Waals surface area contributed by atoms with E-state index in [2.05, 4.69) is 81.4 Å². The summed E-state index contributed by atoms with van der Waals surface area (Å²) in [5.74, 6) is 0.660. The van der Waals surface area contributed by atoms with Gasteiger partial charge in [-0.05, 0) is 59.5 Å². The van der Waals surface area contributed by atoms with Crippen LogP contribution in [0.5, 0.6) is 0 Å². The number of ketones is 1. The molecule has 0 fully saturated rings. The second kappa shape index (κ2) is 13.3. The molecule has 4 heteroatoms. The Morgan fingerprint density at radius 1 is 1.00 bits per heavy atom. The molecule has 0 aliphatic heterocycles. The quantitative estimate of drug-likeness (QED) is 0.0997. The Morgan fingerprint density at radius 2 is 1.71 bits per heavy atom. The van der Waals surface area contributed by atoms with Gasteiger partial charge in [0.05, 0.1) is 5.76 Å². The number of allylic oxidation sites excluding steroid dienone is 2. The molecule has 4 rings (SSSR count). The second-order valence-electron chi connectivity index (χ2n) is 8.92. The third kappa shape index (κ3) is 7.59. The summed E-state index contributed by atoms with van der Waals surface area (Å²) in [6, 6.07) is 23.3. The predicted octanol–water partition coefficient (Wildman–Crippen LogP) is 8.18. The fourth-order valence-corrected chi connectivity index (χ4v) is 4.36. The summed E-state index contributed by atoms with van der Waals surface area (Å²) in [6.45, 7) is 9.58. The van der Waals surface area contributed by atoms with Crippen LogP contribution in [-0.4, -0.2) is 15.9 Å². The molecule has 0 amide bonds. The molecule has 1 aromatic heterocycles. The number of fused-ring (bicyclic) bond motifs is 3. The number of aryl methyl sites for hydroxylation is 1. The molecule has 0 spiro atoms. The van der Waals surface area contributed by atoms with Crippen LogP contribution in [0.2, 0.25) is 0 Å². The molecule has 0 aliphatic carbocycles. The Balaban J connectivity index is 0.000000476. The number of hydrogen-bond donors (Lipinski definition) is 1. The first-order valence-electron chi connectivity index (χ1n) is 12.0. The van der Waals surface area contributed by atoms with E-state index in [4.69, 9.17) is 10.1 Å². The molecule has 0 bridgehead atoms. The van der Waals surface area contributed by atoms with Crippen LogP contribution >= 0.6 is 0 Å². The summed E-state index contributed by atoms with van der Waals surface area (Å²) in [5, 5.41) is 13.4. The van der Waals surface area contributed by atoms with E-state index in [0.29, 0.717) is 0 Å². The first-order chi connectivity index (χ1) is 16.3. The number of nitrogens with zero attached hydrogens (tertiary/aromatic N) is 1. The number of aliphatic hydroxyl groups excluding tert-OH is 1. The number of carbonyl (C=O) groups is 1. The smallest absolute Gasteiger partial charge is 0.155 e. The summed E-state index contributed by atoms with van der Waals surface area (Å²) in [7, 11) is 0. The van der Waals surface area contributed by atoms with E-state index in [1.54, 1.807) is 0 Å². The number of pyridine rings is 1. The SMILES string of the molecule is CC(=O)/C=C(/C)O.CCC(CC)Cc1[c-]c(-c2nccc3c2ccc2ccccc23)cc(C)c1.[Ir]. The van der Waals surface area contributed by atoms with Gasteiger partial charge in [0.1, 0.15) is 0 Å². The molecule has 3 nitrogen and oxygen atoms in total. The number of carbonyl (C=O) groups excluding carboxylic acids is 1. The zero-order chi connectivity index (χ0) is 24.7. The first-order valence-corrected chi connectivity index (χ1v) is 12.0. The zero-order valence-corrected chi connectivity index (χ0v) is 23.6. The van der Waals surface area contributed by atoms with Crippen LogP contribution in [0, 0.1) is 18.9 Å². The molecule has 185 valence electrons. The van der Waals surface area contributed by atoms with Crippen LogP contribution in [0.25, 0.3) is 32.8 Å². The second-order valence-corrected chi connectivity index (χ2v) is 8.92. The number of benzene rings is 3. The van der Waals surface area contributed by atoms with Gasteiger partial charge in [0.15, 0.2) is 5.78 Å². The minimum atomic E-state index is -0.125. The Morgan fingerprint density at radius 3 is 2.34 bits per heavy atom. The van der Waals surface area contributed by atoms with Crippen molar-refractivity contribution in [1.82, 2.24) is 4.98 Å². The van der Waals surface area contributed by atoms with Gasteiger partial charge >= 0.3 is 0 Å². The predicted molar refractivity (Wildman–Crippen MR) is 143 cm³/mol. The van der Waals surface area contributed by atoms with Crippen LogP contribution in [0.15, 0.2) is 72.6 Å². The summed E-state index contributed by atoms with van der Waals surface area (Å²) in [5.41, 5.74) is 4.73. The van der Waals surface area contributed by atoms with E-state index in [9.17, 15) is 4.79 Å². The average Bonchev–Trinajstić information content (AvgIpc) is 2.81. The number of aliphatic hydroxyl groups is 1. The van der Waals surface area contributed by atoms with Crippen molar-refractivity contribution in [3.63, 3.8) is 0 Å². The Kier molecular flexibility index (Phi) is 10.8. The summed E-state index contributed by atoms with van der Waals surface area (Å²) < 4.78 is 0. The molecule has 0 atom stereocenters. The minimum absolute atomic E-state index is 0. The van der Waals surface area contributed by atoms with Crippen LogP contribution in [-0.2, 0) is 31.3 Å². The van der Waals surface area contributed by atoms with Gasteiger partial charge in [0, 0.05) is 32.4 Å². The average molecular weight is 645 g/mol. The van der Waals surface area contributed by atoms with Crippen LogP contribution in [0.1, 0.15) is 51.7 Å². The maximum Gasteiger partial charge on any atom is 0.155 e. The van der Waals surface area contributed by atoms with Gasteiger partial charge in [-0.15, -0.1) is 34.9 Å². The Labute approximate surface area is 222 Å². The number of rotatable bonds is 6. The van der Waals surface area contributed by atoms with E-state index >= 15 is 0 Å². The normalized spacial score (nSPS) is 11.2. The van der Waals surface area contributed by atoms with Crippen molar-refractivity contribution in [2.75, 3.05) is 0 Å². The third-order valence-corrected chi connectivity index (χ3v) is 6.07. The maximum atomic E-state index is 10.0. The van der Waals surface area contributed by atoms with Gasteiger partial charge in [-0.1, -0.05) is 70.0 Å². The van der Waals surface area contributed by atoms with Gasteiger partial charge in [-0.25, -0.2) is 0 Å².